The molecule has 25 heavy (non-hydrogen) atoms. The number of aliphatic hydroxyl groups is 1. The van der Waals surface area contributed by atoms with Crippen LogP contribution in [0.2, 0.25) is 0 Å². The molecule has 6 heteroatoms. The predicted octanol–water partition coefficient (Wildman–Crippen LogP) is 2.09. The van der Waals surface area contributed by atoms with Crippen molar-refractivity contribution in [3.63, 3.8) is 0 Å². The van der Waals surface area contributed by atoms with E-state index in [1.165, 1.54) is 11.1 Å². The third-order valence-corrected chi connectivity index (χ3v) is 5.67. The fraction of sp³-hybridized carbons (Fsp3) is 0.632. The van der Waals surface area contributed by atoms with E-state index in [-0.39, 0.29) is 12.0 Å². The predicted molar refractivity (Wildman–Crippen MR) is 93.1 cm³/mol. The molecule has 4 atom stereocenters. The summed E-state index contributed by atoms with van der Waals surface area (Å²) in [5, 5.41) is 19.8. The molecule has 2 heterocycles. The molecule has 0 amide bonds. The van der Waals surface area contributed by atoms with E-state index in [9.17, 15) is 9.90 Å². The molecule has 6 nitrogen and oxygen atoms in total. The van der Waals surface area contributed by atoms with E-state index < -0.39 is 18.0 Å². The maximum absolute atomic E-state index is 11.1. The largest absolute Gasteiger partial charge is 0.493 e. The summed E-state index contributed by atoms with van der Waals surface area (Å²) in [6, 6.07) is 4.21. The van der Waals surface area contributed by atoms with Crippen LogP contribution in [0, 0.1) is 11.8 Å². The van der Waals surface area contributed by atoms with E-state index in [0.29, 0.717) is 18.6 Å². The van der Waals surface area contributed by atoms with Gasteiger partial charge in [-0.05, 0) is 48.4 Å². The van der Waals surface area contributed by atoms with Gasteiger partial charge in [0.1, 0.15) is 0 Å². The molecule has 1 aromatic carbocycles. The van der Waals surface area contributed by atoms with Gasteiger partial charge >= 0.3 is 5.97 Å². The van der Waals surface area contributed by atoms with Gasteiger partial charge in [-0.2, -0.15) is 0 Å². The van der Waals surface area contributed by atoms with Gasteiger partial charge < -0.3 is 19.7 Å². The van der Waals surface area contributed by atoms with Gasteiger partial charge in [-0.25, -0.2) is 0 Å². The molecule has 0 aromatic heterocycles. The summed E-state index contributed by atoms with van der Waals surface area (Å²) in [4.78, 5) is 13.5. The minimum Gasteiger partial charge on any atom is -0.493 e. The number of rotatable bonds is 5. The van der Waals surface area contributed by atoms with E-state index in [0.717, 1.165) is 25.3 Å². The van der Waals surface area contributed by atoms with Crippen molar-refractivity contribution in [2.45, 2.75) is 38.3 Å². The molecule has 0 unspecified atom stereocenters. The molecule has 2 aliphatic rings. The fourth-order valence-electron chi connectivity index (χ4n) is 4.21. The number of aliphatic carboxylic acids is 1. The van der Waals surface area contributed by atoms with Gasteiger partial charge in [-0.15, -0.1) is 0 Å². The van der Waals surface area contributed by atoms with E-state index in [4.69, 9.17) is 14.6 Å². The molecule has 1 saturated heterocycles. The number of hydrogen-bond acceptors (Lipinski definition) is 5. The first kappa shape index (κ1) is 18.0. The van der Waals surface area contributed by atoms with E-state index in [1.807, 2.05) is 12.1 Å². The highest BCUT2D eigenvalue weighted by atomic mass is 16.5. The van der Waals surface area contributed by atoms with E-state index in [2.05, 4.69) is 4.90 Å². The summed E-state index contributed by atoms with van der Waals surface area (Å²) in [7, 11) is 3.27. The first-order valence-corrected chi connectivity index (χ1v) is 8.84. The van der Waals surface area contributed by atoms with Crippen LogP contribution in [-0.2, 0) is 11.2 Å². The molecule has 0 spiro atoms. The Bertz CT molecular complexity index is 647. The molecule has 1 aromatic rings. The number of fused-ring (bicyclic) bond motifs is 3. The SMILES string of the molecule is COc1cc2c(cc1OC)[C@@H]1C[C@@H](O)[C@@H](C[C@H](C)C(=O)O)CN1CC2. The number of benzene rings is 1. The highest BCUT2D eigenvalue weighted by molar-refractivity contribution is 5.69. The lowest BCUT2D eigenvalue weighted by atomic mass is 9.79. The van der Waals surface area contributed by atoms with Crippen LogP contribution in [0.4, 0.5) is 0 Å². The highest BCUT2D eigenvalue weighted by Crippen LogP contribution is 2.43. The second-order valence-corrected chi connectivity index (χ2v) is 7.20. The Morgan fingerprint density at radius 1 is 1.32 bits per heavy atom. The number of carboxylic acids is 1. The van der Waals surface area contributed by atoms with Crippen LogP contribution in [0.15, 0.2) is 12.1 Å². The number of nitrogens with zero attached hydrogens (tertiary/aromatic N) is 1. The lowest BCUT2D eigenvalue weighted by Crippen LogP contribution is -2.48. The maximum Gasteiger partial charge on any atom is 0.306 e. The van der Waals surface area contributed by atoms with E-state index in [1.54, 1.807) is 21.1 Å². The summed E-state index contributed by atoms with van der Waals surface area (Å²) in [5.74, 6) is 0.218. The Balaban J connectivity index is 1.82. The van der Waals surface area contributed by atoms with Crippen LogP contribution in [-0.4, -0.2) is 54.5 Å². The summed E-state index contributed by atoms with van der Waals surface area (Å²) < 4.78 is 10.8. The normalized spacial score (nSPS) is 27.1. The Labute approximate surface area is 148 Å². The molecule has 0 radical (unpaired) electrons. The summed E-state index contributed by atoms with van der Waals surface area (Å²) in [6.45, 7) is 3.36. The number of aliphatic hydroxyl groups excluding tert-OH is 1. The summed E-state index contributed by atoms with van der Waals surface area (Å²) in [6.07, 6.45) is 1.57. The van der Waals surface area contributed by atoms with Gasteiger partial charge in [0.2, 0.25) is 0 Å². The first-order chi connectivity index (χ1) is 11.9. The zero-order valence-corrected chi connectivity index (χ0v) is 15.1. The van der Waals surface area contributed by atoms with Crippen molar-refractivity contribution in [2.75, 3.05) is 27.3 Å². The highest BCUT2D eigenvalue weighted by Gasteiger charge is 2.39. The van der Waals surface area contributed by atoms with Crippen molar-refractivity contribution >= 4 is 5.97 Å². The van der Waals surface area contributed by atoms with E-state index >= 15 is 0 Å². The van der Waals surface area contributed by atoms with Gasteiger partial charge in [-0.1, -0.05) is 6.92 Å². The topological polar surface area (TPSA) is 79.2 Å². The molecule has 1 fully saturated rings. The molecule has 0 aliphatic carbocycles. The summed E-state index contributed by atoms with van der Waals surface area (Å²) >= 11 is 0. The minimum absolute atomic E-state index is 0.00374. The van der Waals surface area contributed by atoms with Gasteiger partial charge in [0.15, 0.2) is 11.5 Å². The smallest absolute Gasteiger partial charge is 0.306 e. The van der Waals surface area contributed by atoms with Crippen LogP contribution < -0.4 is 9.47 Å². The Hall–Kier alpha value is -1.79. The van der Waals surface area contributed by atoms with Crippen LogP contribution in [0.25, 0.3) is 0 Å². The van der Waals surface area contributed by atoms with Crippen LogP contribution in [0.5, 0.6) is 11.5 Å². The van der Waals surface area contributed by atoms with Crippen molar-refractivity contribution < 1.29 is 24.5 Å². The number of piperidine rings is 1. The van der Waals surface area contributed by atoms with Crippen LogP contribution in [0.3, 0.4) is 0 Å². The molecule has 3 rings (SSSR count). The quantitative estimate of drug-likeness (QED) is 0.847. The van der Waals surface area contributed by atoms with Crippen molar-refractivity contribution in [2.24, 2.45) is 11.8 Å². The monoisotopic (exact) mass is 349 g/mol. The lowest BCUT2D eigenvalue weighted by Gasteiger charge is -2.46. The fourth-order valence-corrected chi connectivity index (χ4v) is 4.21. The molecular formula is C19H27NO5. The Morgan fingerprint density at radius 2 is 2.00 bits per heavy atom. The third kappa shape index (κ3) is 3.46. The molecule has 0 saturated carbocycles. The Kier molecular flexibility index (Phi) is 5.20. The minimum atomic E-state index is -0.796. The number of carbonyl (C=O) groups is 1. The van der Waals surface area contributed by atoms with Crippen LogP contribution in [0.1, 0.15) is 36.9 Å². The second-order valence-electron chi connectivity index (χ2n) is 7.20. The van der Waals surface area contributed by atoms with Gasteiger partial charge in [0, 0.05) is 19.1 Å². The van der Waals surface area contributed by atoms with Crippen molar-refractivity contribution in [3.8, 4) is 11.5 Å². The second kappa shape index (κ2) is 7.22. The van der Waals surface area contributed by atoms with Crippen molar-refractivity contribution in [1.29, 1.82) is 0 Å². The van der Waals surface area contributed by atoms with Gasteiger partial charge in [0.05, 0.1) is 26.2 Å². The number of carboxylic acid groups (broad SMARTS) is 1. The van der Waals surface area contributed by atoms with Crippen molar-refractivity contribution in [3.05, 3.63) is 23.3 Å². The number of hydrogen-bond donors (Lipinski definition) is 2. The standard InChI is InChI=1S/C19H27NO5/c1-11(19(22)23)6-13-10-20-5-4-12-7-17(24-2)18(25-3)8-14(12)15(20)9-16(13)21/h7-8,11,13,15-16,21H,4-6,9-10H2,1-3H3,(H,22,23)/t11-,13-,15-,16+/m0/s1. The maximum atomic E-state index is 11.1. The molecule has 2 N–H and O–H groups in total. The third-order valence-electron chi connectivity index (χ3n) is 5.67. The molecule has 2 aliphatic heterocycles. The average molecular weight is 349 g/mol. The van der Waals surface area contributed by atoms with Gasteiger partial charge in [0.25, 0.3) is 0 Å². The zero-order valence-electron chi connectivity index (χ0n) is 15.1. The zero-order chi connectivity index (χ0) is 18.1. The summed E-state index contributed by atoms with van der Waals surface area (Å²) in [5.41, 5.74) is 2.43. The van der Waals surface area contributed by atoms with Crippen LogP contribution >= 0.6 is 0 Å². The molecule has 0 bridgehead atoms. The molecular weight excluding hydrogens is 322 g/mol. The number of ether oxygens (including phenoxy) is 2. The molecule has 138 valence electrons. The van der Waals surface area contributed by atoms with Gasteiger partial charge in [-0.3, -0.25) is 9.69 Å². The average Bonchev–Trinajstić information content (AvgIpc) is 2.60. The number of methoxy groups -OCH3 is 2. The van der Waals surface area contributed by atoms with Crippen molar-refractivity contribution in [1.82, 2.24) is 4.90 Å². The Morgan fingerprint density at radius 3 is 2.64 bits per heavy atom. The lowest BCUT2D eigenvalue weighted by molar-refractivity contribution is -0.142. The first-order valence-electron chi connectivity index (χ1n) is 8.84.